The van der Waals surface area contributed by atoms with Crippen LogP contribution in [0.1, 0.15) is 48.9 Å². The third kappa shape index (κ3) is 3.05. The van der Waals surface area contributed by atoms with Gasteiger partial charge in [-0.2, -0.15) is 23.3 Å². The van der Waals surface area contributed by atoms with Crippen molar-refractivity contribution >= 4 is 11.6 Å². The van der Waals surface area contributed by atoms with Crippen molar-refractivity contribution in [3.63, 3.8) is 0 Å². The van der Waals surface area contributed by atoms with Crippen molar-refractivity contribution < 1.29 is 23.1 Å². The van der Waals surface area contributed by atoms with E-state index >= 15 is 0 Å². The Labute approximate surface area is 138 Å². The Bertz CT molecular complexity index is 639. The van der Waals surface area contributed by atoms with E-state index in [4.69, 9.17) is 0 Å². The van der Waals surface area contributed by atoms with E-state index < -0.39 is 35.9 Å². The van der Waals surface area contributed by atoms with E-state index in [1.807, 2.05) is 0 Å². The number of halogens is 3. The number of nitrogens with zero attached hydrogens (tertiary/aromatic N) is 2. The number of carbonyl (C=O) groups is 1. The van der Waals surface area contributed by atoms with Gasteiger partial charge in [-0.15, -0.1) is 0 Å². The van der Waals surface area contributed by atoms with E-state index in [0.717, 1.165) is 19.3 Å². The maximum Gasteiger partial charge on any atom is 0.431 e. The first-order valence-corrected chi connectivity index (χ1v) is 8.09. The van der Waals surface area contributed by atoms with Gasteiger partial charge in [-0.25, -0.2) is 0 Å². The van der Waals surface area contributed by atoms with Gasteiger partial charge in [0.15, 0.2) is 5.72 Å². The van der Waals surface area contributed by atoms with Crippen LogP contribution in [0.4, 0.5) is 13.2 Å². The zero-order valence-corrected chi connectivity index (χ0v) is 13.1. The molecule has 2 aliphatic rings. The lowest BCUT2D eigenvalue weighted by Crippen LogP contribution is -2.52. The number of rotatable bonds is 2. The normalized spacial score (nSPS) is 25.7. The van der Waals surface area contributed by atoms with Gasteiger partial charge in [0.25, 0.3) is 5.91 Å². The Morgan fingerprint density at radius 3 is 2.38 bits per heavy atom. The van der Waals surface area contributed by atoms with Crippen molar-refractivity contribution in [3.05, 3.63) is 35.9 Å². The number of hydrogen-bond acceptors (Lipinski definition) is 3. The Morgan fingerprint density at radius 2 is 1.79 bits per heavy atom. The summed E-state index contributed by atoms with van der Waals surface area (Å²) >= 11 is 0. The minimum atomic E-state index is -4.66. The van der Waals surface area contributed by atoms with E-state index in [-0.39, 0.29) is 5.56 Å². The largest absolute Gasteiger partial charge is 0.431 e. The number of hydrogen-bond donors (Lipinski definition) is 1. The molecule has 130 valence electrons. The van der Waals surface area contributed by atoms with E-state index in [0.29, 0.717) is 17.9 Å². The number of hydrazone groups is 1. The molecule has 1 aromatic carbocycles. The Hall–Kier alpha value is -1.89. The molecule has 1 atom stereocenters. The molecule has 0 bridgehead atoms. The average molecular weight is 340 g/mol. The van der Waals surface area contributed by atoms with Crippen LogP contribution in [-0.2, 0) is 0 Å². The number of aliphatic hydroxyl groups is 1. The zero-order valence-electron chi connectivity index (χ0n) is 13.1. The molecule has 0 aromatic heterocycles. The Morgan fingerprint density at radius 1 is 1.17 bits per heavy atom. The number of alkyl halides is 3. The SMILES string of the molecule is O=C(c1ccccc1)N1N=C(C(F)(F)F)CC1(O)C1CCCCC1. The lowest BCUT2D eigenvalue weighted by atomic mass is 9.79. The Kier molecular flexibility index (Phi) is 4.38. The van der Waals surface area contributed by atoms with Gasteiger partial charge in [-0.1, -0.05) is 37.5 Å². The van der Waals surface area contributed by atoms with Crippen LogP contribution in [0.2, 0.25) is 0 Å². The van der Waals surface area contributed by atoms with Gasteiger partial charge in [0.05, 0.1) is 0 Å². The molecule has 7 heteroatoms. The molecule has 0 spiro atoms. The second kappa shape index (κ2) is 6.20. The standard InChI is InChI=1S/C17H19F3N2O2/c18-17(19,20)14-11-16(24,13-9-5-2-6-10-13)22(21-14)15(23)12-7-3-1-4-8-12/h1,3-4,7-8,13,24H,2,5-6,9-11H2. The first-order valence-electron chi connectivity index (χ1n) is 8.09. The third-order valence-corrected chi connectivity index (χ3v) is 4.81. The molecule has 1 amide bonds. The minimum Gasteiger partial charge on any atom is -0.368 e. The highest BCUT2D eigenvalue weighted by molar-refractivity contribution is 5.99. The van der Waals surface area contributed by atoms with Crippen LogP contribution >= 0.6 is 0 Å². The van der Waals surface area contributed by atoms with Crippen molar-refractivity contribution in [2.45, 2.75) is 50.4 Å². The van der Waals surface area contributed by atoms with Crippen molar-refractivity contribution in [2.24, 2.45) is 11.0 Å². The fourth-order valence-electron chi connectivity index (χ4n) is 3.53. The molecule has 1 aromatic rings. The van der Waals surface area contributed by atoms with Gasteiger partial charge in [0.1, 0.15) is 5.71 Å². The summed E-state index contributed by atoms with van der Waals surface area (Å²) in [4.78, 5) is 12.7. The van der Waals surface area contributed by atoms with Gasteiger partial charge in [0, 0.05) is 17.9 Å². The van der Waals surface area contributed by atoms with E-state index in [9.17, 15) is 23.1 Å². The van der Waals surface area contributed by atoms with Crippen LogP contribution in [0.25, 0.3) is 0 Å². The van der Waals surface area contributed by atoms with Crippen LogP contribution in [-0.4, -0.2) is 33.6 Å². The molecule has 1 aliphatic heterocycles. The predicted molar refractivity (Wildman–Crippen MR) is 82.2 cm³/mol. The second-order valence-electron chi connectivity index (χ2n) is 6.42. The van der Waals surface area contributed by atoms with Gasteiger partial charge >= 0.3 is 6.18 Å². The molecule has 0 radical (unpaired) electrons. The van der Waals surface area contributed by atoms with Crippen LogP contribution in [0, 0.1) is 5.92 Å². The fraction of sp³-hybridized carbons (Fsp3) is 0.529. The summed E-state index contributed by atoms with van der Waals surface area (Å²) in [7, 11) is 0. The van der Waals surface area contributed by atoms with Crippen LogP contribution in [0.15, 0.2) is 35.4 Å². The quantitative estimate of drug-likeness (QED) is 0.892. The first-order chi connectivity index (χ1) is 11.3. The molecule has 1 N–H and O–H groups in total. The molecule has 1 fully saturated rings. The molecule has 1 unspecified atom stereocenters. The van der Waals surface area contributed by atoms with Gasteiger partial charge in [-0.05, 0) is 25.0 Å². The molecular formula is C17H19F3N2O2. The third-order valence-electron chi connectivity index (χ3n) is 4.81. The molecule has 0 saturated heterocycles. The smallest absolute Gasteiger partial charge is 0.368 e. The zero-order chi connectivity index (χ0) is 17.4. The summed E-state index contributed by atoms with van der Waals surface area (Å²) in [5.41, 5.74) is -2.79. The highest BCUT2D eigenvalue weighted by Gasteiger charge is 2.55. The monoisotopic (exact) mass is 340 g/mol. The summed E-state index contributed by atoms with van der Waals surface area (Å²) in [6.07, 6.45) is -1.48. The van der Waals surface area contributed by atoms with Gasteiger partial charge < -0.3 is 5.11 Å². The van der Waals surface area contributed by atoms with E-state index in [1.165, 1.54) is 12.1 Å². The molecule has 1 saturated carbocycles. The molecule has 1 aliphatic carbocycles. The first kappa shape index (κ1) is 17.0. The number of benzene rings is 1. The fourth-order valence-corrected chi connectivity index (χ4v) is 3.53. The lowest BCUT2D eigenvalue weighted by molar-refractivity contribution is -0.123. The second-order valence-corrected chi connectivity index (χ2v) is 6.42. The van der Waals surface area contributed by atoms with Crippen molar-refractivity contribution in [2.75, 3.05) is 0 Å². The number of carbonyl (C=O) groups excluding carboxylic acids is 1. The highest BCUT2D eigenvalue weighted by atomic mass is 19.4. The minimum absolute atomic E-state index is 0.207. The van der Waals surface area contributed by atoms with Crippen LogP contribution in [0.3, 0.4) is 0 Å². The van der Waals surface area contributed by atoms with Crippen LogP contribution < -0.4 is 0 Å². The average Bonchev–Trinajstić information content (AvgIpc) is 2.95. The Balaban J connectivity index is 1.96. The molecular weight excluding hydrogens is 321 g/mol. The summed E-state index contributed by atoms with van der Waals surface area (Å²) in [5, 5.41) is 15.2. The molecule has 24 heavy (non-hydrogen) atoms. The summed E-state index contributed by atoms with van der Waals surface area (Å²) < 4.78 is 39.4. The highest BCUT2D eigenvalue weighted by Crippen LogP contribution is 2.43. The predicted octanol–water partition coefficient (Wildman–Crippen LogP) is 3.72. The summed E-state index contributed by atoms with van der Waals surface area (Å²) in [6, 6.07) is 7.96. The van der Waals surface area contributed by atoms with Crippen molar-refractivity contribution in [1.82, 2.24) is 5.01 Å². The van der Waals surface area contributed by atoms with E-state index in [1.54, 1.807) is 18.2 Å². The lowest BCUT2D eigenvalue weighted by Gasteiger charge is -2.40. The molecule has 3 rings (SSSR count). The molecule has 4 nitrogen and oxygen atoms in total. The van der Waals surface area contributed by atoms with Crippen molar-refractivity contribution in [3.8, 4) is 0 Å². The number of amides is 1. The summed E-state index contributed by atoms with van der Waals surface area (Å²) in [6.45, 7) is 0. The molecule has 1 heterocycles. The van der Waals surface area contributed by atoms with Crippen LogP contribution in [0.5, 0.6) is 0 Å². The summed E-state index contributed by atoms with van der Waals surface area (Å²) in [5.74, 6) is -1.11. The topological polar surface area (TPSA) is 52.9 Å². The van der Waals surface area contributed by atoms with Gasteiger partial charge in [0.2, 0.25) is 0 Å². The van der Waals surface area contributed by atoms with Crippen molar-refractivity contribution in [1.29, 1.82) is 0 Å². The van der Waals surface area contributed by atoms with E-state index in [2.05, 4.69) is 5.10 Å². The maximum absolute atomic E-state index is 13.1. The maximum atomic E-state index is 13.1. The van der Waals surface area contributed by atoms with Gasteiger partial charge in [-0.3, -0.25) is 4.79 Å².